The number of nitrogens with one attached hydrogen (secondary N) is 1. The Morgan fingerprint density at radius 3 is 2.50 bits per heavy atom. The first-order valence-corrected chi connectivity index (χ1v) is 9.71. The number of hydrogen-bond acceptors (Lipinski definition) is 4. The van der Waals surface area contributed by atoms with Crippen LogP contribution in [0.25, 0.3) is 0 Å². The minimum absolute atomic E-state index is 0.0456. The second kappa shape index (κ2) is 9.37. The normalized spacial score (nSPS) is 15.7. The van der Waals surface area contributed by atoms with E-state index in [0.29, 0.717) is 25.4 Å². The van der Waals surface area contributed by atoms with E-state index in [1.165, 1.54) is 0 Å². The van der Waals surface area contributed by atoms with Crippen LogP contribution in [0.1, 0.15) is 25.5 Å². The van der Waals surface area contributed by atoms with Crippen molar-refractivity contribution in [2.24, 2.45) is 0 Å². The number of hydrogen-bond donors (Lipinski definition) is 1. The van der Waals surface area contributed by atoms with E-state index >= 15 is 0 Å². The van der Waals surface area contributed by atoms with E-state index < -0.39 is 0 Å². The molecule has 1 atom stereocenters. The molecule has 0 radical (unpaired) electrons. The number of para-hydroxylation sites is 2. The van der Waals surface area contributed by atoms with Gasteiger partial charge in [0.05, 0.1) is 24.8 Å². The smallest absolute Gasteiger partial charge is 0.241 e. The maximum absolute atomic E-state index is 13.4. The van der Waals surface area contributed by atoms with E-state index in [0.717, 1.165) is 11.3 Å². The van der Waals surface area contributed by atoms with E-state index in [1.54, 1.807) is 0 Å². The summed E-state index contributed by atoms with van der Waals surface area (Å²) in [5, 5.41) is 2.79. The molecule has 1 aliphatic rings. The van der Waals surface area contributed by atoms with E-state index in [9.17, 15) is 9.59 Å². The fraction of sp³-hybridized carbons (Fsp3) is 0.364. The van der Waals surface area contributed by atoms with E-state index in [-0.39, 0.29) is 30.9 Å². The third-order valence-corrected chi connectivity index (χ3v) is 4.83. The molecule has 0 aliphatic carbocycles. The molecule has 0 aromatic heterocycles. The summed E-state index contributed by atoms with van der Waals surface area (Å²) in [5.74, 6) is 0.588. The first-order chi connectivity index (χ1) is 13.6. The highest BCUT2D eigenvalue weighted by Crippen LogP contribution is 2.39. The third kappa shape index (κ3) is 4.51. The number of benzene rings is 2. The molecule has 6 nitrogen and oxygen atoms in total. The second-order valence-electron chi connectivity index (χ2n) is 6.73. The number of amides is 2. The molecular formula is C22H27N3O3. The van der Waals surface area contributed by atoms with Crippen LogP contribution in [-0.4, -0.2) is 49.5 Å². The summed E-state index contributed by atoms with van der Waals surface area (Å²) in [6.07, 6.45) is 0. The molecule has 0 fully saturated rings. The lowest BCUT2D eigenvalue weighted by atomic mass is 10.0. The average Bonchev–Trinajstić information content (AvgIpc) is 2.73. The lowest BCUT2D eigenvalue weighted by molar-refractivity contribution is -0.124. The van der Waals surface area contributed by atoms with Gasteiger partial charge in [-0.1, -0.05) is 49.4 Å². The molecule has 148 valence electrons. The molecule has 1 heterocycles. The summed E-state index contributed by atoms with van der Waals surface area (Å²) in [7, 11) is 0. The molecule has 2 amide bonds. The monoisotopic (exact) mass is 381 g/mol. The van der Waals surface area contributed by atoms with Crippen molar-refractivity contribution >= 4 is 17.5 Å². The van der Waals surface area contributed by atoms with Gasteiger partial charge in [0.15, 0.2) is 0 Å². The van der Waals surface area contributed by atoms with Crippen LogP contribution in [0.15, 0.2) is 54.6 Å². The first-order valence-electron chi connectivity index (χ1n) is 9.71. The number of likely N-dealkylation sites (N-methyl/N-ethyl adjacent to an activating group) is 2. The van der Waals surface area contributed by atoms with Crippen LogP contribution in [-0.2, 0) is 9.59 Å². The van der Waals surface area contributed by atoms with Gasteiger partial charge >= 0.3 is 0 Å². The molecule has 0 saturated carbocycles. The summed E-state index contributed by atoms with van der Waals surface area (Å²) in [5.41, 5.74) is 1.79. The van der Waals surface area contributed by atoms with Gasteiger partial charge in [0, 0.05) is 6.54 Å². The van der Waals surface area contributed by atoms with Gasteiger partial charge in [-0.15, -0.1) is 0 Å². The summed E-state index contributed by atoms with van der Waals surface area (Å²) >= 11 is 0. The highest BCUT2D eigenvalue weighted by atomic mass is 16.5. The zero-order valence-corrected chi connectivity index (χ0v) is 16.4. The van der Waals surface area contributed by atoms with E-state index in [2.05, 4.69) is 5.32 Å². The minimum Gasteiger partial charge on any atom is -0.489 e. The number of nitrogens with zero attached hydrogens (tertiary/aromatic N) is 2. The summed E-state index contributed by atoms with van der Waals surface area (Å²) in [6.45, 7) is 5.81. The van der Waals surface area contributed by atoms with Gasteiger partial charge in [-0.3, -0.25) is 19.4 Å². The highest BCUT2D eigenvalue weighted by molar-refractivity contribution is 5.97. The van der Waals surface area contributed by atoms with Crippen molar-refractivity contribution in [2.75, 3.05) is 37.7 Å². The molecule has 3 rings (SSSR count). The first kappa shape index (κ1) is 19.9. The van der Waals surface area contributed by atoms with Gasteiger partial charge in [0.2, 0.25) is 11.8 Å². The fourth-order valence-electron chi connectivity index (χ4n) is 3.42. The zero-order valence-electron chi connectivity index (χ0n) is 16.4. The number of anilines is 1. The number of carbonyl (C=O) groups is 2. The molecule has 1 N–H and O–H groups in total. The van der Waals surface area contributed by atoms with Crippen LogP contribution in [0.5, 0.6) is 5.75 Å². The molecule has 6 heteroatoms. The van der Waals surface area contributed by atoms with E-state index in [1.807, 2.05) is 78.2 Å². The molecule has 2 aromatic carbocycles. The average molecular weight is 381 g/mol. The van der Waals surface area contributed by atoms with Crippen LogP contribution in [0.2, 0.25) is 0 Å². The number of rotatable bonds is 7. The summed E-state index contributed by atoms with van der Waals surface area (Å²) in [4.78, 5) is 29.0. The molecule has 2 aromatic rings. The van der Waals surface area contributed by atoms with Crippen LogP contribution in [0.4, 0.5) is 5.69 Å². The van der Waals surface area contributed by atoms with E-state index in [4.69, 9.17) is 4.74 Å². The predicted molar refractivity (Wildman–Crippen MR) is 109 cm³/mol. The highest BCUT2D eigenvalue weighted by Gasteiger charge is 2.33. The summed E-state index contributed by atoms with van der Waals surface area (Å²) < 4.78 is 5.93. The molecule has 0 spiro atoms. The van der Waals surface area contributed by atoms with Crippen molar-refractivity contribution in [3.63, 3.8) is 0 Å². The molecule has 0 saturated heterocycles. The molecule has 28 heavy (non-hydrogen) atoms. The van der Waals surface area contributed by atoms with Crippen molar-refractivity contribution < 1.29 is 14.3 Å². The maximum atomic E-state index is 13.4. The number of carbonyl (C=O) groups excluding carboxylic acids is 2. The number of fused-ring (bicyclic) bond motifs is 1. The summed E-state index contributed by atoms with van der Waals surface area (Å²) in [6, 6.07) is 17.3. The van der Waals surface area contributed by atoms with Crippen molar-refractivity contribution in [1.82, 2.24) is 10.2 Å². The van der Waals surface area contributed by atoms with Gasteiger partial charge in [-0.2, -0.15) is 0 Å². The van der Waals surface area contributed by atoms with Crippen LogP contribution >= 0.6 is 0 Å². The van der Waals surface area contributed by atoms with Crippen LogP contribution < -0.4 is 15.0 Å². The van der Waals surface area contributed by atoms with Crippen molar-refractivity contribution in [2.45, 2.75) is 19.9 Å². The Kier molecular flexibility index (Phi) is 6.66. The fourth-order valence-corrected chi connectivity index (χ4v) is 3.42. The lowest BCUT2D eigenvalue weighted by Crippen LogP contribution is -2.47. The quantitative estimate of drug-likeness (QED) is 0.801. The van der Waals surface area contributed by atoms with Crippen molar-refractivity contribution in [1.29, 1.82) is 0 Å². The third-order valence-electron chi connectivity index (χ3n) is 4.83. The Bertz CT molecular complexity index is 810. The molecule has 0 bridgehead atoms. The predicted octanol–water partition coefficient (Wildman–Crippen LogP) is 2.61. The molecule has 0 unspecified atom stereocenters. The maximum Gasteiger partial charge on any atom is 0.241 e. The standard InChI is InChI=1S/C22H27N3O3/c1-3-23-21(26)14-24(4-2)15-22(27)25-18-12-8-9-13-20(18)28-16-19(25)17-10-6-5-7-11-17/h5-13,19H,3-4,14-16H2,1-2H3,(H,23,26)/t19-/m1/s1. The molecular weight excluding hydrogens is 354 g/mol. The Balaban J connectivity index is 1.85. The minimum atomic E-state index is -0.202. The van der Waals surface area contributed by atoms with Crippen LogP contribution in [0, 0.1) is 0 Å². The molecule has 1 aliphatic heterocycles. The Hall–Kier alpha value is -2.86. The SMILES string of the molecule is CCNC(=O)CN(CC)CC(=O)N1c2ccccc2OC[C@@H]1c1ccccc1. The Labute approximate surface area is 166 Å². The van der Waals surface area contributed by atoms with Gasteiger partial charge in [-0.25, -0.2) is 0 Å². The Morgan fingerprint density at radius 2 is 1.79 bits per heavy atom. The van der Waals surface area contributed by atoms with Gasteiger partial charge in [0.1, 0.15) is 12.4 Å². The van der Waals surface area contributed by atoms with Gasteiger partial charge < -0.3 is 10.1 Å². The second-order valence-corrected chi connectivity index (χ2v) is 6.73. The Morgan fingerprint density at radius 1 is 1.07 bits per heavy atom. The zero-order chi connectivity index (χ0) is 19.9. The van der Waals surface area contributed by atoms with Gasteiger partial charge in [0.25, 0.3) is 0 Å². The topological polar surface area (TPSA) is 61.9 Å². The van der Waals surface area contributed by atoms with Crippen molar-refractivity contribution in [3.05, 3.63) is 60.2 Å². The van der Waals surface area contributed by atoms with Crippen molar-refractivity contribution in [3.8, 4) is 5.75 Å². The van der Waals surface area contributed by atoms with Gasteiger partial charge in [-0.05, 0) is 31.2 Å². The lowest BCUT2D eigenvalue weighted by Gasteiger charge is -2.38. The number of ether oxygens (including phenoxy) is 1. The van der Waals surface area contributed by atoms with Crippen LogP contribution in [0.3, 0.4) is 0 Å². The largest absolute Gasteiger partial charge is 0.489 e.